The highest BCUT2D eigenvalue weighted by molar-refractivity contribution is 6.15. The summed E-state index contributed by atoms with van der Waals surface area (Å²) in [6, 6.07) is 59.1. The van der Waals surface area contributed by atoms with Crippen molar-refractivity contribution in [1.29, 1.82) is 31.6 Å². The minimum absolute atomic E-state index is 0.0324. The van der Waals surface area contributed by atoms with Crippen molar-refractivity contribution in [3.63, 3.8) is 0 Å². The third kappa shape index (κ3) is 10.2. The van der Waals surface area contributed by atoms with Gasteiger partial charge in [-0.3, -0.25) is 0 Å². The molecule has 0 aliphatic rings. The molecule has 18 heteroatoms. The van der Waals surface area contributed by atoms with Crippen molar-refractivity contribution >= 4 is 83.4 Å². The number of hydrogen-bond donors (Lipinski definition) is 0. The molecule has 0 aliphatic carbocycles. The number of fused-ring (bicyclic) bond motifs is 6. The highest BCUT2D eigenvalue weighted by atomic mass is 19.4. The zero-order valence-electron chi connectivity index (χ0n) is 51.1. The zero-order valence-corrected chi connectivity index (χ0v) is 51.1. The van der Waals surface area contributed by atoms with E-state index in [0.29, 0.717) is 99.5 Å². The lowest BCUT2D eigenvalue weighted by Gasteiger charge is -2.21. The Balaban J connectivity index is 1.17. The van der Waals surface area contributed by atoms with Crippen LogP contribution in [-0.4, -0.2) is 9.13 Å². The second kappa shape index (κ2) is 24.3. The van der Waals surface area contributed by atoms with Crippen molar-refractivity contribution in [2.45, 2.75) is 13.1 Å². The van der Waals surface area contributed by atoms with Crippen LogP contribution in [0.3, 0.4) is 0 Å². The molecular formula is C81H32F3N15. The smallest absolute Gasteiger partial charge is 0.309 e. The third-order valence-corrected chi connectivity index (χ3v) is 17.3. The van der Waals surface area contributed by atoms with Crippen LogP contribution >= 0.6 is 0 Å². The summed E-state index contributed by atoms with van der Waals surface area (Å²) in [4.78, 5) is 25.9. The Labute approximate surface area is 562 Å². The van der Waals surface area contributed by atoms with Gasteiger partial charge in [0.2, 0.25) is 0 Å². The first-order chi connectivity index (χ1) is 48.0. The Morgan fingerprint density at radius 1 is 0.323 bits per heavy atom. The van der Waals surface area contributed by atoms with E-state index in [4.69, 9.17) is 46.0 Å². The number of nitrogens with zero attached hydrogens (tertiary/aromatic N) is 15. The summed E-state index contributed by atoms with van der Waals surface area (Å²) in [5.41, 5.74) is 7.73. The number of hydrogen-bond acceptors (Lipinski definition) is 6. The molecule has 452 valence electrons. The van der Waals surface area contributed by atoms with Crippen LogP contribution in [0.25, 0.3) is 156 Å². The van der Waals surface area contributed by atoms with Gasteiger partial charge in [0.1, 0.15) is 0 Å². The van der Waals surface area contributed by atoms with E-state index in [1.807, 2.05) is 27.3 Å². The van der Waals surface area contributed by atoms with Crippen LogP contribution in [0.1, 0.15) is 44.5 Å². The first kappa shape index (κ1) is 62.0. The summed E-state index contributed by atoms with van der Waals surface area (Å²) in [5, 5.41) is 64.3. The van der Waals surface area contributed by atoms with Gasteiger partial charge in [0.05, 0.1) is 138 Å². The van der Waals surface area contributed by atoms with E-state index < -0.39 is 11.7 Å². The van der Waals surface area contributed by atoms with E-state index in [1.165, 1.54) is 54.6 Å². The Kier molecular flexibility index (Phi) is 15.2. The predicted molar refractivity (Wildman–Crippen MR) is 370 cm³/mol. The van der Waals surface area contributed by atoms with Crippen molar-refractivity contribution in [3.8, 4) is 115 Å². The normalized spacial score (nSPS) is 10.7. The molecule has 0 spiro atoms. The van der Waals surface area contributed by atoms with Crippen LogP contribution in [0.5, 0.6) is 0 Å². The molecular weight excluding hydrogens is 1240 g/mol. The molecule has 99 heavy (non-hydrogen) atoms. The Morgan fingerprint density at radius 3 is 1.12 bits per heavy atom. The fourth-order valence-electron chi connectivity index (χ4n) is 13.1. The van der Waals surface area contributed by atoms with Crippen LogP contribution in [0.15, 0.2) is 176 Å². The highest BCUT2D eigenvalue weighted by Crippen LogP contribution is 2.50. The van der Waals surface area contributed by atoms with Gasteiger partial charge in [0, 0.05) is 60.5 Å². The minimum atomic E-state index is -4.67. The number of rotatable bonds is 8. The van der Waals surface area contributed by atoms with Gasteiger partial charge in [-0.05, 0) is 184 Å². The molecule has 0 aliphatic heterocycles. The summed E-state index contributed by atoms with van der Waals surface area (Å²) in [5.74, 6) is 0. The molecule has 0 saturated carbocycles. The van der Waals surface area contributed by atoms with Crippen LogP contribution in [0.4, 0.5) is 53.0 Å². The molecule has 0 atom stereocenters. The molecule has 2 aromatic heterocycles. The summed E-state index contributed by atoms with van der Waals surface area (Å²) in [6.45, 7) is 58.5. The number of benzene rings is 11. The van der Waals surface area contributed by atoms with Crippen molar-refractivity contribution < 1.29 is 13.2 Å². The van der Waals surface area contributed by atoms with Gasteiger partial charge in [0.15, 0.2) is 39.8 Å². The molecule has 2 heterocycles. The van der Waals surface area contributed by atoms with Gasteiger partial charge in [-0.1, -0.05) is 48.5 Å². The topological polar surface area (TPSA) is 183 Å². The maximum Gasteiger partial charge on any atom is 0.416 e. The Bertz CT molecular complexity index is 6040. The highest BCUT2D eigenvalue weighted by Gasteiger charge is 2.32. The van der Waals surface area contributed by atoms with Gasteiger partial charge >= 0.3 is 6.18 Å². The standard InChI is InChI=1S/C81H32F3N15/c1-44-23-56(81(82,83)84)14-16-60(44)47-9-17-71(98-72-18-10-48(77-53(41-88)28-58(92-3)29-54(77)42-89)32-62(72)63-34-50(12-20-73(63)98)79-55(43-90)30-59(93-4)37-70(79)97-8)61(31-47)66-36-57(91-2)15-22-76(66)99-74-19-11-49(78-52(40-87)24-45(38-85)25-67(78)94-5)33-64(74)65-35-51(13-21-75(65)99)80-68(95-6)26-46(39-86)27-69(80)96-7/h9-37H,1H3. The number of nitriles is 6. The first-order valence-electron chi connectivity index (χ1n) is 29.4. The van der Waals surface area contributed by atoms with Crippen LogP contribution in [-0.2, 0) is 6.18 Å². The predicted octanol–water partition coefficient (Wildman–Crippen LogP) is 22.3. The molecule has 13 aromatic rings. The van der Waals surface area contributed by atoms with E-state index in [1.54, 1.807) is 110 Å². The van der Waals surface area contributed by atoms with Gasteiger partial charge in [0.25, 0.3) is 0 Å². The summed E-state index contributed by atoms with van der Waals surface area (Å²) in [7, 11) is 0. The zero-order chi connectivity index (χ0) is 69.7. The number of aromatic nitrogens is 2. The van der Waals surface area contributed by atoms with E-state index >= 15 is 0 Å². The van der Waals surface area contributed by atoms with Gasteiger partial charge < -0.3 is 9.13 Å². The lowest BCUT2D eigenvalue weighted by Crippen LogP contribution is -2.05. The van der Waals surface area contributed by atoms with E-state index in [9.17, 15) is 44.7 Å². The molecule has 0 unspecified atom stereocenters. The van der Waals surface area contributed by atoms with Gasteiger partial charge in [-0.2, -0.15) is 44.7 Å². The SMILES string of the molecule is [C-]#[N+]c1cc(C#N)c(-c2ccc3c(c2)c2cc(-c4c(C#N)cc([N+]#[C-])cc4[N+]#[C-])ccc2n3-c2ccc(-c3ccc(C(F)(F)F)cc3C)cc2-c2cc([N+]#[C-])ccc2-n2c3ccc(-c4c(C#N)cc(C#N)cc4[N+]#[C-])cc3c3cc(-c4c([N+]#[C-])cc(C#N)cc4[N+]#[C-])ccc32)c(C#N)c1. The van der Waals surface area contributed by atoms with Gasteiger partial charge in [-0.25, -0.2) is 33.9 Å². The molecule has 11 aromatic carbocycles. The summed E-state index contributed by atoms with van der Waals surface area (Å²) < 4.78 is 47.1. The van der Waals surface area contributed by atoms with E-state index in [-0.39, 0.29) is 101 Å². The van der Waals surface area contributed by atoms with Gasteiger partial charge in [-0.15, -0.1) is 0 Å². The molecule has 0 fully saturated rings. The summed E-state index contributed by atoms with van der Waals surface area (Å²) >= 11 is 0. The fraction of sp³-hybridized carbons (Fsp3) is 0.0247. The van der Waals surface area contributed by atoms with Crippen LogP contribution < -0.4 is 0 Å². The van der Waals surface area contributed by atoms with Crippen molar-refractivity contribution in [2.75, 3.05) is 0 Å². The molecule has 0 N–H and O–H groups in total. The monoisotopic (exact) mass is 1270 g/mol. The Morgan fingerprint density at radius 2 is 0.697 bits per heavy atom. The van der Waals surface area contributed by atoms with Crippen LogP contribution in [0, 0.1) is 121 Å². The largest absolute Gasteiger partial charge is 0.416 e. The molecule has 0 amide bonds. The number of halogens is 3. The maximum atomic E-state index is 14.4. The van der Waals surface area contributed by atoms with Crippen molar-refractivity contribution in [1.82, 2.24) is 9.13 Å². The van der Waals surface area contributed by atoms with Crippen molar-refractivity contribution in [3.05, 3.63) is 300 Å². The number of alkyl halides is 3. The molecule has 0 radical (unpaired) electrons. The maximum absolute atomic E-state index is 14.4. The lowest BCUT2D eigenvalue weighted by molar-refractivity contribution is -0.137. The molecule has 0 saturated heterocycles. The molecule has 0 bridgehead atoms. The fourth-order valence-corrected chi connectivity index (χ4v) is 13.1. The lowest BCUT2D eigenvalue weighted by atomic mass is 9.92. The quantitative estimate of drug-likeness (QED) is 0.136. The average Bonchev–Trinajstić information content (AvgIpc) is 1.59. The number of aryl methyl sites for hydroxylation is 1. The third-order valence-electron chi connectivity index (χ3n) is 17.3. The second-order valence-electron chi connectivity index (χ2n) is 22.6. The van der Waals surface area contributed by atoms with Crippen LogP contribution in [0.2, 0.25) is 0 Å². The van der Waals surface area contributed by atoms with Crippen molar-refractivity contribution in [2.24, 2.45) is 0 Å². The van der Waals surface area contributed by atoms with E-state index in [0.717, 1.165) is 12.1 Å². The molecule has 15 nitrogen and oxygen atoms in total. The Hall–Kier alpha value is -15.8. The second-order valence-corrected chi connectivity index (χ2v) is 22.6. The minimum Gasteiger partial charge on any atom is -0.309 e. The van der Waals surface area contributed by atoms with E-state index in [2.05, 4.69) is 58.2 Å². The molecule has 13 rings (SSSR count). The average molecular weight is 1270 g/mol. The first-order valence-corrected chi connectivity index (χ1v) is 29.4. The summed E-state index contributed by atoms with van der Waals surface area (Å²) in [6.07, 6.45) is -4.67.